The number of hydrogen-bond donors (Lipinski definition) is 0. The van der Waals surface area contributed by atoms with Gasteiger partial charge in [-0.15, -0.1) is 0 Å². The molecule has 0 aromatic heterocycles. The van der Waals surface area contributed by atoms with Crippen LogP contribution in [0, 0.1) is 11.8 Å². The van der Waals surface area contributed by atoms with Crippen LogP contribution in [0.5, 0.6) is 5.75 Å². The normalized spacial score (nSPS) is 27.8. The van der Waals surface area contributed by atoms with Crippen molar-refractivity contribution >= 4 is 11.4 Å². The highest BCUT2D eigenvalue weighted by Crippen LogP contribution is 2.40. The Labute approximate surface area is 113 Å². The summed E-state index contributed by atoms with van der Waals surface area (Å²) in [7, 11) is 1.72. The van der Waals surface area contributed by atoms with E-state index in [1.807, 2.05) is 6.07 Å². The van der Waals surface area contributed by atoms with Crippen molar-refractivity contribution in [2.45, 2.75) is 32.1 Å². The first-order valence-electron chi connectivity index (χ1n) is 7.18. The fraction of sp³-hybridized carbons (Fsp3) is 0.500. The van der Waals surface area contributed by atoms with Crippen LogP contribution < -0.4 is 4.74 Å². The van der Waals surface area contributed by atoms with Gasteiger partial charge in [0, 0.05) is 23.1 Å². The maximum atomic E-state index is 5.32. The number of aryl methyl sites for hydroxylation is 1. The van der Waals surface area contributed by atoms with E-state index in [9.17, 15) is 0 Å². The second kappa shape index (κ2) is 4.19. The van der Waals surface area contributed by atoms with Gasteiger partial charge in [-0.05, 0) is 55.9 Å². The smallest absolute Gasteiger partial charge is 0.119 e. The highest BCUT2D eigenvalue weighted by molar-refractivity contribution is 6.09. The highest BCUT2D eigenvalue weighted by Gasteiger charge is 2.39. The fourth-order valence-electron chi connectivity index (χ4n) is 3.85. The molecule has 3 heteroatoms. The zero-order valence-electron chi connectivity index (χ0n) is 11.2. The van der Waals surface area contributed by atoms with Crippen LogP contribution in [0.2, 0.25) is 0 Å². The van der Waals surface area contributed by atoms with E-state index in [4.69, 9.17) is 4.74 Å². The Morgan fingerprint density at radius 1 is 1.11 bits per heavy atom. The minimum absolute atomic E-state index is 0.607. The molecule has 19 heavy (non-hydrogen) atoms. The molecule has 2 atom stereocenters. The molecule has 1 aromatic carbocycles. The van der Waals surface area contributed by atoms with E-state index in [0.29, 0.717) is 11.8 Å². The van der Waals surface area contributed by atoms with Gasteiger partial charge in [0.15, 0.2) is 0 Å². The molecule has 4 rings (SSSR count). The van der Waals surface area contributed by atoms with Crippen LogP contribution in [-0.4, -0.2) is 18.5 Å². The molecule has 0 saturated heterocycles. The van der Waals surface area contributed by atoms with Crippen LogP contribution in [0.3, 0.4) is 0 Å². The first kappa shape index (κ1) is 11.2. The lowest BCUT2D eigenvalue weighted by Crippen LogP contribution is -2.34. The first-order chi connectivity index (χ1) is 9.36. The van der Waals surface area contributed by atoms with Gasteiger partial charge < -0.3 is 4.74 Å². The number of nitrogens with zero attached hydrogens (tertiary/aromatic N) is 2. The van der Waals surface area contributed by atoms with Crippen molar-refractivity contribution in [2.75, 3.05) is 7.11 Å². The van der Waals surface area contributed by atoms with Crippen molar-refractivity contribution in [1.82, 2.24) is 0 Å². The Hall–Kier alpha value is -1.64. The van der Waals surface area contributed by atoms with Crippen LogP contribution in [0.1, 0.15) is 36.8 Å². The van der Waals surface area contributed by atoms with Crippen molar-refractivity contribution in [2.24, 2.45) is 22.0 Å². The van der Waals surface area contributed by atoms with Gasteiger partial charge in [-0.25, -0.2) is 0 Å². The third kappa shape index (κ3) is 1.64. The summed E-state index contributed by atoms with van der Waals surface area (Å²) in [6.07, 6.45) is 6.10. The largest absolute Gasteiger partial charge is 0.497 e. The molecule has 0 N–H and O–H groups in total. The maximum absolute atomic E-state index is 5.32. The number of methoxy groups -OCH3 is 1. The monoisotopic (exact) mass is 254 g/mol. The maximum Gasteiger partial charge on any atom is 0.119 e. The van der Waals surface area contributed by atoms with Crippen molar-refractivity contribution in [3.63, 3.8) is 0 Å². The van der Waals surface area contributed by atoms with Crippen LogP contribution in [0.15, 0.2) is 28.4 Å². The first-order valence-corrected chi connectivity index (χ1v) is 7.18. The Morgan fingerprint density at radius 3 is 2.95 bits per heavy atom. The molecular formula is C16H18N2O. The van der Waals surface area contributed by atoms with Gasteiger partial charge in [0.05, 0.1) is 12.8 Å². The van der Waals surface area contributed by atoms with Gasteiger partial charge in [0.2, 0.25) is 0 Å². The van der Waals surface area contributed by atoms with Gasteiger partial charge in [-0.1, -0.05) is 0 Å². The number of ether oxygens (including phenoxy) is 1. The van der Waals surface area contributed by atoms with E-state index < -0.39 is 0 Å². The van der Waals surface area contributed by atoms with E-state index >= 15 is 0 Å². The summed E-state index contributed by atoms with van der Waals surface area (Å²) in [4.78, 5) is 0. The third-order valence-corrected chi connectivity index (χ3v) is 4.81. The van der Waals surface area contributed by atoms with Crippen LogP contribution in [0.25, 0.3) is 0 Å². The zero-order valence-corrected chi connectivity index (χ0v) is 11.2. The summed E-state index contributed by atoms with van der Waals surface area (Å²) in [6, 6.07) is 6.36. The second-order valence-electron chi connectivity index (χ2n) is 5.74. The number of rotatable bonds is 1. The van der Waals surface area contributed by atoms with Crippen molar-refractivity contribution < 1.29 is 4.74 Å². The summed E-state index contributed by atoms with van der Waals surface area (Å²) >= 11 is 0. The zero-order chi connectivity index (χ0) is 12.8. The number of benzene rings is 1. The van der Waals surface area contributed by atoms with Gasteiger partial charge in [-0.2, -0.15) is 10.2 Å². The van der Waals surface area contributed by atoms with E-state index in [-0.39, 0.29) is 0 Å². The lowest BCUT2D eigenvalue weighted by Gasteiger charge is -2.32. The Morgan fingerprint density at radius 2 is 2.05 bits per heavy atom. The minimum Gasteiger partial charge on any atom is -0.497 e. The standard InChI is InChI=1S/C16H18N2O/c1-19-11-6-8-12-10(9-11)5-7-14-13-3-2-4-15(13)17-18-16(12)14/h6,8-9,13-14H,2-5,7H2,1H3. The molecule has 0 amide bonds. The van der Waals surface area contributed by atoms with Crippen molar-refractivity contribution in [3.05, 3.63) is 29.3 Å². The molecular weight excluding hydrogens is 236 g/mol. The molecule has 1 heterocycles. The lowest BCUT2D eigenvalue weighted by molar-refractivity contribution is 0.413. The molecule has 0 bridgehead atoms. The quantitative estimate of drug-likeness (QED) is 0.757. The van der Waals surface area contributed by atoms with Crippen LogP contribution >= 0.6 is 0 Å². The Balaban J connectivity index is 1.79. The van der Waals surface area contributed by atoms with Crippen molar-refractivity contribution in [3.8, 4) is 5.75 Å². The molecule has 2 unspecified atom stereocenters. The molecule has 0 spiro atoms. The van der Waals surface area contributed by atoms with Crippen molar-refractivity contribution in [1.29, 1.82) is 0 Å². The van der Waals surface area contributed by atoms with E-state index in [0.717, 1.165) is 18.6 Å². The van der Waals surface area contributed by atoms with Gasteiger partial charge in [0.25, 0.3) is 0 Å². The summed E-state index contributed by atoms with van der Waals surface area (Å²) in [5, 5.41) is 9.05. The molecule has 2 aliphatic carbocycles. The highest BCUT2D eigenvalue weighted by atomic mass is 16.5. The van der Waals surface area contributed by atoms with E-state index in [2.05, 4.69) is 22.3 Å². The molecule has 1 aliphatic heterocycles. The van der Waals surface area contributed by atoms with E-state index in [1.54, 1.807) is 7.11 Å². The summed E-state index contributed by atoms with van der Waals surface area (Å²) in [5.74, 6) is 2.22. The van der Waals surface area contributed by atoms with Crippen LogP contribution in [-0.2, 0) is 6.42 Å². The van der Waals surface area contributed by atoms with Crippen LogP contribution in [0.4, 0.5) is 0 Å². The van der Waals surface area contributed by atoms with Gasteiger partial charge >= 0.3 is 0 Å². The number of hydrogen-bond acceptors (Lipinski definition) is 3. The summed E-state index contributed by atoms with van der Waals surface area (Å²) < 4.78 is 5.32. The topological polar surface area (TPSA) is 34.0 Å². The second-order valence-corrected chi connectivity index (χ2v) is 5.74. The molecule has 1 saturated carbocycles. The minimum atomic E-state index is 0.607. The predicted molar refractivity (Wildman–Crippen MR) is 76.1 cm³/mol. The molecule has 3 nitrogen and oxygen atoms in total. The van der Waals surface area contributed by atoms with Gasteiger partial charge in [-0.3, -0.25) is 0 Å². The fourth-order valence-corrected chi connectivity index (χ4v) is 3.85. The molecule has 1 fully saturated rings. The lowest BCUT2D eigenvalue weighted by atomic mass is 9.74. The molecule has 1 aromatic rings. The molecule has 3 aliphatic rings. The average molecular weight is 254 g/mol. The Bertz CT molecular complexity index is 588. The summed E-state index contributed by atoms with van der Waals surface area (Å²) in [6.45, 7) is 0. The average Bonchev–Trinajstić information content (AvgIpc) is 2.94. The van der Waals surface area contributed by atoms with Gasteiger partial charge in [0.1, 0.15) is 5.75 Å². The SMILES string of the molecule is COc1ccc2c(c1)CCC1C2=NN=C2CCCC21. The number of fused-ring (bicyclic) bond motifs is 5. The molecule has 0 radical (unpaired) electrons. The van der Waals surface area contributed by atoms with E-state index in [1.165, 1.54) is 41.8 Å². The third-order valence-electron chi connectivity index (χ3n) is 4.81. The predicted octanol–water partition coefficient (Wildman–Crippen LogP) is 3.22. The Kier molecular flexibility index (Phi) is 2.47. The summed E-state index contributed by atoms with van der Waals surface area (Å²) in [5.41, 5.74) is 5.24. The molecule has 98 valence electrons.